The Hall–Kier alpha value is -1.75. The molecule has 0 saturated carbocycles. The normalized spacial score (nSPS) is 17.2. The van der Waals surface area contributed by atoms with Gasteiger partial charge in [0.15, 0.2) is 11.5 Å². The van der Waals surface area contributed by atoms with Gasteiger partial charge in [0.05, 0.1) is 6.04 Å². The molecular formula is C14H16N2O2S. The Morgan fingerprint density at radius 1 is 1.26 bits per heavy atom. The molecule has 100 valence electrons. The molecule has 1 N–H and O–H groups in total. The van der Waals surface area contributed by atoms with Crippen molar-refractivity contribution in [2.75, 3.05) is 5.32 Å². The van der Waals surface area contributed by atoms with Gasteiger partial charge in [0.1, 0.15) is 5.01 Å². The molecule has 1 aliphatic heterocycles. The van der Waals surface area contributed by atoms with E-state index in [-0.39, 0.29) is 6.04 Å². The van der Waals surface area contributed by atoms with E-state index in [4.69, 9.17) is 9.47 Å². The van der Waals surface area contributed by atoms with Crippen LogP contribution in [0.5, 0.6) is 11.5 Å². The van der Waals surface area contributed by atoms with Gasteiger partial charge in [-0.3, -0.25) is 0 Å². The highest BCUT2D eigenvalue weighted by atomic mass is 32.1. The average Bonchev–Trinajstić information content (AvgIpc) is 2.93. The fourth-order valence-corrected chi connectivity index (χ4v) is 2.72. The van der Waals surface area contributed by atoms with Gasteiger partial charge in [0, 0.05) is 37.2 Å². The van der Waals surface area contributed by atoms with E-state index in [1.807, 2.05) is 43.6 Å². The number of nitrogens with zero attached hydrogens (tertiary/aromatic N) is 1. The topological polar surface area (TPSA) is 43.4 Å². The second-order valence-corrected chi connectivity index (χ2v) is 5.93. The molecule has 0 fully saturated rings. The van der Waals surface area contributed by atoms with Gasteiger partial charge in [0.25, 0.3) is 0 Å². The summed E-state index contributed by atoms with van der Waals surface area (Å²) in [4.78, 5) is 4.31. The first kappa shape index (κ1) is 12.3. The summed E-state index contributed by atoms with van der Waals surface area (Å²) >= 11 is 1.65. The number of rotatable bonds is 3. The lowest BCUT2D eigenvalue weighted by Gasteiger charge is -2.16. The van der Waals surface area contributed by atoms with Crippen LogP contribution >= 0.6 is 11.3 Å². The maximum absolute atomic E-state index is 5.73. The van der Waals surface area contributed by atoms with Gasteiger partial charge in [-0.2, -0.15) is 0 Å². The largest absolute Gasteiger partial charge is 0.449 e. The summed E-state index contributed by atoms with van der Waals surface area (Å²) in [6.45, 7) is 5.89. The van der Waals surface area contributed by atoms with Gasteiger partial charge in [-0.15, -0.1) is 11.3 Å². The Morgan fingerprint density at radius 2 is 2.05 bits per heavy atom. The summed E-state index contributed by atoms with van der Waals surface area (Å²) in [7, 11) is 0. The van der Waals surface area contributed by atoms with Crippen molar-refractivity contribution < 1.29 is 9.47 Å². The van der Waals surface area contributed by atoms with Crippen LogP contribution in [0.2, 0.25) is 0 Å². The van der Waals surface area contributed by atoms with E-state index in [0.717, 1.165) is 22.2 Å². The molecule has 0 aliphatic carbocycles. The lowest BCUT2D eigenvalue weighted by Crippen LogP contribution is -2.29. The van der Waals surface area contributed by atoms with Gasteiger partial charge in [-0.1, -0.05) is 0 Å². The molecule has 2 heterocycles. The SMILES string of the molecule is CC(Nc1ccc2c(c1)OC(C)(C)O2)c1nccs1. The van der Waals surface area contributed by atoms with Gasteiger partial charge in [-0.05, 0) is 19.1 Å². The van der Waals surface area contributed by atoms with E-state index < -0.39 is 5.79 Å². The van der Waals surface area contributed by atoms with Crippen LogP contribution in [0, 0.1) is 0 Å². The minimum absolute atomic E-state index is 0.174. The van der Waals surface area contributed by atoms with Crippen molar-refractivity contribution in [1.29, 1.82) is 0 Å². The van der Waals surface area contributed by atoms with Crippen molar-refractivity contribution >= 4 is 17.0 Å². The van der Waals surface area contributed by atoms with Crippen molar-refractivity contribution in [2.24, 2.45) is 0 Å². The summed E-state index contributed by atoms with van der Waals surface area (Å²) in [5.41, 5.74) is 1.00. The van der Waals surface area contributed by atoms with Crippen LogP contribution in [-0.2, 0) is 0 Å². The lowest BCUT2D eigenvalue weighted by atomic mass is 10.2. The van der Waals surface area contributed by atoms with E-state index in [0.29, 0.717) is 0 Å². The monoisotopic (exact) mass is 276 g/mol. The van der Waals surface area contributed by atoms with Crippen LogP contribution in [0.25, 0.3) is 0 Å². The van der Waals surface area contributed by atoms with Gasteiger partial charge in [0.2, 0.25) is 5.79 Å². The molecule has 4 nitrogen and oxygen atoms in total. The molecule has 1 aromatic carbocycles. The van der Waals surface area contributed by atoms with E-state index in [1.165, 1.54) is 0 Å². The molecule has 0 amide bonds. The zero-order valence-corrected chi connectivity index (χ0v) is 12.0. The highest BCUT2D eigenvalue weighted by molar-refractivity contribution is 7.09. The third-order valence-corrected chi connectivity index (χ3v) is 3.82. The highest BCUT2D eigenvalue weighted by Gasteiger charge is 2.31. The summed E-state index contributed by atoms with van der Waals surface area (Å²) in [6.07, 6.45) is 1.82. The number of ether oxygens (including phenoxy) is 2. The maximum atomic E-state index is 5.73. The standard InChI is InChI=1S/C14H16N2O2S/c1-9(13-15-6-7-19-13)16-10-4-5-11-12(8-10)18-14(2,3)17-11/h4-9,16H,1-3H3. The zero-order chi connectivity index (χ0) is 13.5. The Bertz CT molecular complexity index is 581. The maximum Gasteiger partial charge on any atom is 0.246 e. The van der Waals surface area contributed by atoms with Crippen molar-refractivity contribution in [3.05, 3.63) is 34.8 Å². The van der Waals surface area contributed by atoms with Crippen molar-refractivity contribution in [1.82, 2.24) is 4.98 Å². The predicted molar refractivity (Wildman–Crippen MR) is 75.9 cm³/mol. The summed E-state index contributed by atoms with van der Waals surface area (Å²) in [6, 6.07) is 6.07. The average molecular weight is 276 g/mol. The van der Waals surface area contributed by atoms with Gasteiger partial charge in [-0.25, -0.2) is 4.98 Å². The molecule has 2 aromatic rings. The Morgan fingerprint density at radius 3 is 2.79 bits per heavy atom. The van der Waals surface area contributed by atoms with E-state index >= 15 is 0 Å². The number of thiazole rings is 1. The smallest absolute Gasteiger partial charge is 0.246 e. The van der Waals surface area contributed by atoms with Crippen LogP contribution in [0.15, 0.2) is 29.8 Å². The number of hydrogen-bond donors (Lipinski definition) is 1. The van der Waals surface area contributed by atoms with E-state index in [1.54, 1.807) is 11.3 Å². The minimum atomic E-state index is -0.581. The molecule has 19 heavy (non-hydrogen) atoms. The van der Waals surface area contributed by atoms with Crippen LogP contribution in [0.3, 0.4) is 0 Å². The molecule has 5 heteroatoms. The fourth-order valence-electron chi connectivity index (χ4n) is 2.07. The molecule has 0 bridgehead atoms. The van der Waals surface area contributed by atoms with Crippen LogP contribution < -0.4 is 14.8 Å². The predicted octanol–water partition coefficient (Wildman–Crippen LogP) is 3.82. The first-order valence-corrected chi connectivity index (χ1v) is 7.09. The number of fused-ring (bicyclic) bond motifs is 1. The van der Waals surface area contributed by atoms with E-state index in [2.05, 4.69) is 17.2 Å². The molecule has 1 unspecified atom stereocenters. The third kappa shape index (κ3) is 2.51. The number of hydrogen-bond acceptors (Lipinski definition) is 5. The minimum Gasteiger partial charge on any atom is -0.449 e. The summed E-state index contributed by atoms with van der Waals surface area (Å²) in [5, 5.41) is 6.46. The second kappa shape index (κ2) is 4.42. The Labute approximate surface area is 116 Å². The molecule has 1 atom stereocenters. The van der Waals surface area contributed by atoms with Crippen LogP contribution in [0.4, 0.5) is 5.69 Å². The fraction of sp³-hybridized carbons (Fsp3) is 0.357. The van der Waals surface area contributed by atoms with Crippen molar-refractivity contribution in [3.8, 4) is 11.5 Å². The van der Waals surface area contributed by atoms with E-state index in [9.17, 15) is 0 Å². The zero-order valence-electron chi connectivity index (χ0n) is 11.1. The second-order valence-electron chi connectivity index (χ2n) is 5.00. The molecular weight excluding hydrogens is 260 g/mol. The molecule has 0 saturated heterocycles. The first-order chi connectivity index (χ1) is 9.03. The molecule has 1 aliphatic rings. The number of anilines is 1. The molecule has 3 rings (SSSR count). The summed E-state index contributed by atoms with van der Waals surface area (Å²) in [5.74, 6) is 0.987. The quantitative estimate of drug-likeness (QED) is 0.925. The summed E-state index contributed by atoms with van der Waals surface area (Å²) < 4.78 is 11.4. The van der Waals surface area contributed by atoms with Gasteiger partial charge < -0.3 is 14.8 Å². The van der Waals surface area contributed by atoms with Crippen molar-refractivity contribution in [2.45, 2.75) is 32.6 Å². The van der Waals surface area contributed by atoms with Crippen molar-refractivity contribution in [3.63, 3.8) is 0 Å². The highest BCUT2D eigenvalue weighted by Crippen LogP contribution is 2.41. The first-order valence-electron chi connectivity index (χ1n) is 6.21. The number of benzene rings is 1. The Kier molecular flexibility index (Phi) is 2.86. The third-order valence-electron chi connectivity index (χ3n) is 2.86. The van der Waals surface area contributed by atoms with Gasteiger partial charge >= 0.3 is 0 Å². The van der Waals surface area contributed by atoms with Crippen LogP contribution in [0.1, 0.15) is 31.8 Å². The molecule has 1 aromatic heterocycles. The Balaban J connectivity index is 1.77. The van der Waals surface area contributed by atoms with Crippen LogP contribution in [-0.4, -0.2) is 10.8 Å². The lowest BCUT2D eigenvalue weighted by molar-refractivity contribution is -0.0431. The molecule has 0 radical (unpaired) electrons. The number of aromatic nitrogens is 1. The number of nitrogens with one attached hydrogen (secondary N) is 1. The molecule has 0 spiro atoms.